The van der Waals surface area contributed by atoms with Crippen molar-refractivity contribution in [1.29, 1.82) is 0 Å². The molecule has 0 heterocycles. The Labute approximate surface area is 95.2 Å². The van der Waals surface area contributed by atoms with Crippen LogP contribution in [0.2, 0.25) is 0 Å². The lowest BCUT2D eigenvalue weighted by Gasteiger charge is -2.05. The first-order valence-corrected chi connectivity index (χ1v) is 5.17. The van der Waals surface area contributed by atoms with Gasteiger partial charge in [-0.2, -0.15) is 4.99 Å². The van der Waals surface area contributed by atoms with E-state index in [1.54, 1.807) is 6.92 Å². The highest BCUT2D eigenvalue weighted by Gasteiger charge is 1.96. The van der Waals surface area contributed by atoms with E-state index in [4.69, 9.17) is 17.0 Å². The molecule has 1 rings (SSSR count). The van der Waals surface area contributed by atoms with Gasteiger partial charge in [0.25, 0.3) is 0 Å². The Morgan fingerprint density at radius 2 is 2.07 bits per heavy atom. The molecule has 0 fully saturated rings. The first-order chi connectivity index (χ1) is 7.22. The fourth-order valence-corrected chi connectivity index (χ4v) is 1.30. The van der Waals surface area contributed by atoms with Crippen LogP contribution in [0.15, 0.2) is 35.3 Å². The van der Waals surface area contributed by atoms with E-state index >= 15 is 0 Å². The van der Waals surface area contributed by atoms with Gasteiger partial charge in [0.1, 0.15) is 0 Å². The number of aliphatic imine (C=N–C) groups is 1. The number of hydrogen-bond donors (Lipinski definition) is 1. The summed E-state index contributed by atoms with van der Waals surface area (Å²) in [5, 5.41) is 3.40. The molecular weight excluding hydrogens is 208 g/mol. The summed E-state index contributed by atoms with van der Waals surface area (Å²) < 4.78 is 5.17. The zero-order valence-corrected chi connectivity index (χ0v) is 9.67. The van der Waals surface area contributed by atoms with E-state index in [0.717, 1.165) is 5.69 Å². The number of para-hydroxylation sites is 1. The summed E-state index contributed by atoms with van der Waals surface area (Å²) >= 11 is 5.05. The quantitative estimate of drug-likeness (QED) is 0.474. The second kappa shape index (κ2) is 6.14. The molecule has 0 saturated carbocycles. The average molecular weight is 222 g/mol. The Morgan fingerprint density at radius 3 is 2.67 bits per heavy atom. The van der Waals surface area contributed by atoms with Gasteiger partial charge in [-0.15, -0.1) is 0 Å². The maximum atomic E-state index is 5.17. The summed E-state index contributed by atoms with van der Waals surface area (Å²) in [6.45, 7) is 4.29. The molecule has 1 aromatic rings. The fourth-order valence-electron chi connectivity index (χ4n) is 1.06. The molecule has 1 aromatic carbocycles. The minimum Gasteiger partial charge on any atom is -0.481 e. The van der Waals surface area contributed by atoms with Crippen molar-refractivity contribution in [3.05, 3.63) is 30.3 Å². The van der Waals surface area contributed by atoms with E-state index in [-0.39, 0.29) is 0 Å². The molecule has 80 valence electrons. The topological polar surface area (TPSA) is 33.6 Å². The van der Waals surface area contributed by atoms with Gasteiger partial charge < -0.3 is 10.1 Å². The number of benzene rings is 1. The smallest absolute Gasteiger partial charge is 0.200 e. The summed E-state index contributed by atoms with van der Waals surface area (Å²) in [6.07, 6.45) is 0. The predicted octanol–water partition coefficient (Wildman–Crippen LogP) is 2.84. The van der Waals surface area contributed by atoms with Crippen LogP contribution in [0.25, 0.3) is 0 Å². The van der Waals surface area contributed by atoms with Gasteiger partial charge in [0.2, 0.25) is 0 Å². The number of hydrogen-bond acceptors (Lipinski definition) is 2. The van der Waals surface area contributed by atoms with Gasteiger partial charge in [-0.3, -0.25) is 0 Å². The average Bonchev–Trinajstić information content (AvgIpc) is 2.19. The summed E-state index contributed by atoms with van der Waals surface area (Å²) in [4.78, 5) is 4.08. The zero-order chi connectivity index (χ0) is 11.1. The van der Waals surface area contributed by atoms with E-state index in [0.29, 0.717) is 17.6 Å². The van der Waals surface area contributed by atoms with Gasteiger partial charge in [0.05, 0.1) is 6.61 Å². The monoisotopic (exact) mass is 222 g/mol. The van der Waals surface area contributed by atoms with Crippen molar-refractivity contribution in [2.45, 2.75) is 13.8 Å². The van der Waals surface area contributed by atoms with Crippen LogP contribution in [0.5, 0.6) is 0 Å². The first-order valence-electron chi connectivity index (χ1n) is 4.76. The number of ether oxygens (including phenoxy) is 1. The molecule has 0 atom stereocenters. The molecule has 0 bridgehead atoms. The standard InChI is InChI=1S/C11H14N2OS/c1-3-14-9(2)12-11(15)13-10-7-5-4-6-8-10/h4-8H,3H2,1-2H3,(H,13,15)/b12-9-. The molecular formula is C11H14N2OS. The van der Waals surface area contributed by atoms with Gasteiger partial charge in [0, 0.05) is 12.6 Å². The predicted molar refractivity (Wildman–Crippen MR) is 67.4 cm³/mol. The number of nitrogens with zero attached hydrogens (tertiary/aromatic N) is 1. The number of nitrogens with one attached hydrogen (secondary N) is 1. The molecule has 0 unspecified atom stereocenters. The van der Waals surface area contributed by atoms with Crippen LogP contribution in [0.3, 0.4) is 0 Å². The second-order valence-electron chi connectivity index (χ2n) is 2.86. The Morgan fingerprint density at radius 1 is 1.40 bits per heavy atom. The van der Waals surface area contributed by atoms with Crippen molar-refractivity contribution in [2.75, 3.05) is 11.9 Å². The zero-order valence-electron chi connectivity index (χ0n) is 8.86. The van der Waals surface area contributed by atoms with Crippen molar-refractivity contribution in [3.63, 3.8) is 0 Å². The van der Waals surface area contributed by atoms with Crippen molar-refractivity contribution in [1.82, 2.24) is 0 Å². The molecule has 0 aliphatic carbocycles. The molecule has 1 N–H and O–H groups in total. The van der Waals surface area contributed by atoms with E-state index in [1.807, 2.05) is 37.3 Å². The van der Waals surface area contributed by atoms with Crippen LogP contribution in [0, 0.1) is 0 Å². The first kappa shape index (κ1) is 11.7. The molecule has 0 spiro atoms. The van der Waals surface area contributed by atoms with E-state index < -0.39 is 0 Å². The van der Waals surface area contributed by atoms with Crippen molar-refractivity contribution < 1.29 is 4.74 Å². The van der Waals surface area contributed by atoms with Crippen LogP contribution in [-0.2, 0) is 4.74 Å². The molecule has 4 heteroatoms. The van der Waals surface area contributed by atoms with Crippen molar-refractivity contribution in [3.8, 4) is 0 Å². The summed E-state index contributed by atoms with van der Waals surface area (Å²) in [6, 6.07) is 9.67. The van der Waals surface area contributed by atoms with Crippen LogP contribution in [-0.4, -0.2) is 17.6 Å². The normalized spacial score (nSPS) is 10.9. The van der Waals surface area contributed by atoms with Crippen LogP contribution < -0.4 is 5.32 Å². The third-order valence-electron chi connectivity index (χ3n) is 1.64. The third-order valence-corrected chi connectivity index (χ3v) is 1.83. The van der Waals surface area contributed by atoms with Crippen LogP contribution in [0.1, 0.15) is 13.8 Å². The molecule has 15 heavy (non-hydrogen) atoms. The Kier molecular flexibility index (Phi) is 4.77. The highest BCUT2D eigenvalue weighted by Crippen LogP contribution is 2.05. The molecule has 0 aliphatic heterocycles. The van der Waals surface area contributed by atoms with Gasteiger partial charge in [-0.1, -0.05) is 18.2 Å². The summed E-state index contributed by atoms with van der Waals surface area (Å²) in [7, 11) is 0. The molecule has 0 aromatic heterocycles. The SMILES string of the molecule is CCO/C(C)=N\C(=S)Nc1ccccc1. The number of rotatable bonds is 2. The second-order valence-corrected chi connectivity index (χ2v) is 3.25. The van der Waals surface area contributed by atoms with Crippen LogP contribution in [0.4, 0.5) is 5.69 Å². The molecule has 0 radical (unpaired) electrons. The Hall–Kier alpha value is -1.42. The maximum absolute atomic E-state index is 5.17. The van der Waals surface area contributed by atoms with Gasteiger partial charge in [0.15, 0.2) is 11.0 Å². The van der Waals surface area contributed by atoms with Crippen molar-refractivity contribution >= 4 is 28.9 Å². The third kappa shape index (κ3) is 4.56. The lowest BCUT2D eigenvalue weighted by atomic mass is 10.3. The summed E-state index contributed by atoms with van der Waals surface area (Å²) in [5.74, 6) is 0.575. The van der Waals surface area contributed by atoms with E-state index in [2.05, 4.69) is 10.3 Å². The Bertz CT molecular complexity index is 349. The lowest BCUT2D eigenvalue weighted by Crippen LogP contribution is -2.10. The van der Waals surface area contributed by atoms with Gasteiger partial charge in [-0.05, 0) is 31.3 Å². The highest BCUT2D eigenvalue weighted by molar-refractivity contribution is 7.80. The highest BCUT2D eigenvalue weighted by atomic mass is 32.1. The van der Waals surface area contributed by atoms with Gasteiger partial charge >= 0.3 is 0 Å². The fraction of sp³-hybridized carbons (Fsp3) is 0.273. The minimum absolute atomic E-state index is 0.409. The van der Waals surface area contributed by atoms with Gasteiger partial charge in [-0.25, -0.2) is 0 Å². The lowest BCUT2D eigenvalue weighted by molar-refractivity contribution is 0.325. The minimum atomic E-state index is 0.409. The maximum Gasteiger partial charge on any atom is 0.200 e. The summed E-state index contributed by atoms with van der Waals surface area (Å²) in [5.41, 5.74) is 0.926. The Balaban J connectivity index is 2.53. The number of anilines is 1. The van der Waals surface area contributed by atoms with Crippen LogP contribution >= 0.6 is 12.2 Å². The largest absolute Gasteiger partial charge is 0.481 e. The molecule has 3 nitrogen and oxygen atoms in total. The van der Waals surface area contributed by atoms with Crippen molar-refractivity contribution in [2.24, 2.45) is 4.99 Å². The number of thiocarbonyl (C=S) groups is 1. The molecule has 0 amide bonds. The van der Waals surface area contributed by atoms with E-state index in [1.165, 1.54) is 0 Å². The molecule has 0 saturated heterocycles. The van der Waals surface area contributed by atoms with E-state index in [9.17, 15) is 0 Å². The molecule has 0 aliphatic rings.